The summed E-state index contributed by atoms with van der Waals surface area (Å²) in [6.45, 7) is 0.485. The minimum absolute atomic E-state index is 0.191. The Balaban J connectivity index is 1.90. The van der Waals surface area contributed by atoms with Crippen molar-refractivity contribution in [1.82, 2.24) is 0 Å². The van der Waals surface area contributed by atoms with Crippen molar-refractivity contribution in [2.75, 3.05) is 13.2 Å². The van der Waals surface area contributed by atoms with E-state index in [9.17, 15) is 5.11 Å². The minimum atomic E-state index is -0.191. The van der Waals surface area contributed by atoms with Crippen molar-refractivity contribution in [2.45, 2.75) is 6.61 Å². The van der Waals surface area contributed by atoms with Crippen molar-refractivity contribution in [3.63, 3.8) is 0 Å². The second-order valence-corrected chi connectivity index (χ2v) is 5.94. The highest BCUT2D eigenvalue weighted by atomic mass is 79.9. The molecule has 2 aromatic carbocycles. The van der Waals surface area contributed by atoms with Gasteiger partial charge in [0.15, 0.2) is 0 Å². The topological polar surface area (TPSA) is 38.7 Å². The molecule has 6 heteroatoms. The molecule has 2 aromatic rings. The SMILES string of the molecule is OCc1cc(Cl)cc(Cl)c1OCCOc1ccc(Br)cc1. The normalized spacial score (nSPS) is 10.5. The van der Waals surface area contributed by atoms with Gasteiger partial charge in [-0.2, -0.15) is 0 Å². The van der Waals surface area contributed by atoms with Gasteiger partial charge in [-0.15, -0.1) is 0 Å². The van der Waals surface area contributed by atoms with Gasteiger partial charge in [0.1, 0.15) is 24.7 Å². The van der Waals surface area contributed by atoms with E-state index in [1.165, 1.54) is 0 Å². The zero-order valence-corrected chi connectivity index (χ0v) is 14.1. The van der Waals surface area contributed by atoms with E-state index in [4.69, 9.17) is 32.7 Å². The molecular weight excluding hydrogens is 379 g/mol. The quantitative estimate of drug-likeness (QED) is 0.725. The Kier molecular flexibility index (Phi) is 6.18. The molecular formula is C15H13BrCl2O3. The maximum Gasteiger partial charge on any atom is 0.143 e. The third kappa shape index (κ3) is 4.78. The molecule has 1 N–H and O–H groups in total. The lowest BCUT2D eigenvalue weighted by molar-refractivity contribution is 0.210. The van der Waals surface area contributed by atoms with Crippen LogP contribution in [0.15, 0.2) is 40.9 Å². The zero-order valence-electron chi connectivity index (χ0n) is 11.0. The van der Waals surface area contributed by atoms with Crippen LogP contribution in [0.25, 0.3) is 0 Å². The average Bonchev–Trinajstić information content (AvgIpc) is 2.46. The highest BCUT2D eigenvalue weighted by Crippen LogP contribution is 2.32. The van der Waals surface area contributed by atoms with Crippen LogP contribution in [0.4, 0.5) is 0 Å². The van der Waals surface area contributed by atoms with Gasteiger partial charge in [-0.3, -0.25) is 0 Å². The molecule has 21 heavy (non-hydrogen) atoms. The second kappa shape index (κ2) is 7.90. The second-order valence-electron chi connectivity index (χ2n) is 4.18. The van der Waals surface area contributed by atoms with Gasteiger partial charge in [0.2, 0.25) is 0 Å². The molecule has 0 aromatic heterocycles. The van der Waals surface area contributed by atoms with Crippen molar-refractivity contribution >= 4 is 39.1 Å². The Hall–Kier alpha value is -0.940. The Morgan fingerprint density at radius 3 is 2.33 bits per heavy atom. The fourth-order valence-corrected chi connectivity index (χ4v) is 2.58. The van der Waals surface area contributed by atoms with Gasteiger partial charge in [-0.25, -0.2) is 0 Å². The van der Waals surface area contributed by atoms with Crippen molar-refractivity contribution in [3.8, 4) is 11.5 Å². The Morgan fingerprint density at radius 1 is 1.00 bits per heavy atom. The van der Waals surface area contributed by atoms with Gasteiger partial charge in [0, 0.05) is 15.1 Å². The maximum absolute atomic E-state index is 9.29. The molecule has 0 bridgehead atoms. The third-order valence-electron chi connectivity index (χ3n) is 2.67. The van der Waals surface area contributed by atoms with Gasteiger partial charge in [0.25, 0.3) is 0 Å². The van der Waals surface area contributed by atoms with Crippen LogP contribution in [0.5, 0.6) is 11.5 Å². The average molecular weight is 392 g/mol. The van der Waals surface area contributed by atoms with E-state index in [0.29, 0.717) is 34.6 Å². The van der Waals surface area contributed by atoms with E-state index in [2.05, 4.69) is 15.9 Å². The zero-order chi connectivity index (χ0) is 15.2. The van der Waals surface area contributed by atoms with Crippen LogP contribution in [0.3, 0.4) is 0 Å². The molecule has 0 fully saturated rings. The molecule has 0 heterocycles. The molecule has 0 aliphatic rings. The smallest absolute Gasteiger partial charge is 0.143 e. The Labute approximate surface area is 141 Å². The monoisotopic (exact) mass is 390 g/mol. The minimum Gasteiger partial charge on any atom is -0.490 e. The first kappa shape index (κ1) is 16.4. The number of aliphatic hydroxyl groups is 1. The first-order valence-corrected chi connectivity index (χ1v) is 7.75. The van der Waals surface area contributed by atoms with Crippen LogP contribution in [0.1, 0.15) is 5.56 Å². The molecule has 3 nitrogen and oxygen atoms in total. The van der Waals surface area contributed by atoms with Crippen molar-refractivity contribution in [1.29, 1.82) is 0 Å². The van der Waals surface area contributed by atoms with Gasteiger partial charge in [0.05, 0.1) is 11.6 Å². The van der Waals surface area contributed by atoms with E-state index < -0.39 is 0 Å². The molecule has 0 aliphatic heterocycles. The molecule has 0 saturated carbocycles. The van der Waals surface area contributed by atoms with Crippen molar-refractivity contribution in [3.05, 3.63) is 56.5 Å². The summed E-state index contributed by atoms with van der Waals surface area (Å²) in [6.07, 6.45) is 0. The summed E-state index contributed by atoms with van der Waals surface area (Å²) in [6, 6.07) is 10.7. The molecule has 2 rings (SSSR count). The number of hydrogen-bond acceptors (Lipinski definition) is 3. The molecule has 0 saturated heterocycles. The summed E-state index contributed by atoms with van der Waals surface area (Å²) in [7, 11) is 0. The summed E-state index contributed by atoms with van der Waals surface area (Å²) >= 11 is 15.3. The number of benzene rings is 2. The molecule has 112 valence electrons. The number of halogens is 3. The first-order chi connectivity index (χ1) is 10.1. The van der Waals surface area contributed by atoms with Gasteiger partial charge in [-0.1, -0.05) is 39.1 Å². The molecule has 0 atom stereocenters. The fourth-order valence-electron chi connectivity index (χ4n) is 1.73. The highest BCUT2D eigenvalue weighted by Gasteiger charge is 2.10. The maximum atomic E-state index is 9.29. The van der Waals surface area contributed by atoms with E-state index in [1.807, 2.05) is 24.3 Å². The molecule has 0 aliphatic carbocycles. The summed E-state index contributed by atoms with van der Waals surface area (Å²) in [5.74, 6) is 1.19. The highest BCUT2D eigenvalue weighted by molar-refractivity contribution is 9.10. The van der Waals surface area contributed by atoms with Crippen LogP contribution >= 0.6 is 39.1 Å². The lowest BCUT2D eigenvalue weighted by atomic mass is 10.2. The predicted octanol–water partition coefficient (Wildman–Crippen LogP) is 4.71. The molecule has 0 spiro atoms. The summed E-state index contributed by atoms with van der Waals surface area (Å²) in [5, 5.41) is 10.1. The van der Waals surface area contributed by atoms with Gasteiger partial charge < -0.3 is 14.6 Å². The summed E-state index contributed by atoms with van der Waals surface area (Å²) < 4.78 is 12.1. The van der Waals surface area contributed by atoms with Gasteiger partial charge in [-0.05, 0) is 36.4 Å². The largest absolute Gasteiger partial charge is 0.490 e. The van der Waals surface area contributed by atoms with E-state index in [-0.39, 0.29) is 6.61 Å². The third-order valence-corrected chi connectivity index (χ3v) is 3.70. The lowest BCUT2D eigenvalue weighted by Crippen LogP contribution is -2.10. The molecule has 0 radical (unpaired) electrons. The van der Waals surface area contributed by atoms with Crippen LogP contribution in [0, 0.1) is 0 Å². The van der Waals surface area contributed by atoms with Crippen LogP contribution in [-0.2, 0) is 6.61 Å². The van der Waals surface area contributed by atoms with Crippen molar-refractivity contribution < 1.29 is 14.6 Å². The summed E-state index contributed by atoms with van der Waals surface area (Å²) in [5.41, 5.74) is 0.552. The van der Waals surface area contributed by atoms with Crippen LogP contribution in [0.2, 0.25) is 10.0 Å². The number of hydrogen-bond donors (Lipinski definition) is 1. The standard InChI is InChI=1S/C15H13BrCl2O3/c16-11-1-3-13(4-2-11)20-5-6-21-15-10(9-19)7-12(17)8-14(15)18/h1-4,7-8,19H,5-6,9H2. The van der Waals surface area contributed by atoms with Crippen molar-refractivity contribution in [2.24, 2.45) is 0 Å². The fraction of sp³-hybridized carbons (Fsp3) is 0.200. The van der Waals surface area contributed by atoms with Crippen LogP contribution < -0.4 is 9.47 Å². The lowest BCUT2D eigenvalue weighted by Gasteiger charge is -2.13. The first-order valence-electron chi connectivity index (χ1n) is 6.20. The molecule has 0 unspecified atom stereocenters. The van der Waals surface area contributed by atoms with E-state index >= 15 is 0 Å². The van der Waals surface area contributed by atoms with E-state index in [0.717, 1.165) is 10.2 Å². The predicted molar refractivity (Wildman–Crippen MR) is 87.5 cm³/mol. The number of ether oxygens (including phenoxy) is 2. The van der Waals surface area contributed by atoms with E-state index in [1.54, 1.807) is 12.1 Å². The number of aliphatic hydroxyl groups excluding tert-OH is 1. The summed E-state index contributed by atoms with van der Waals surface area (Å²) in [4.78, 5) is 0. The van der Waals surface area contributed by atoms with Crippen LogP contribution in [-0.4, -0.2) is 18.3 Å². The Bertz CT molecular complexity index is 603. The number of rotatable bonds is 6. The van der Waals surface area contributed by atoms with Gasteiger partial charge >= 0.3 is 0 Å². The molecule has 0 amide bonds. The Morgan fingerprint density at radius 2 is 1.67 bits per heavy atom.